The first-order valence-electron chi connectivity index (χ1n) is 7.19. The Morgan fingerprint density at radius 1 is 1.11 bits per heavy atom. The van der Waals surface area contributed by atoms with Gasteiger partial charge in [0.2, 0.25) is 0 Å². The van der Waals surface area contributed by atoms with Crippen molar-refractivity contribution in [3.05, 3.63) is 29.3 Å². The van der Waals surface area contributed by atoms with Gasteiger partial charge >= 0.3 is 6.03 Å². The highest BCUT2D eigenvalue weighted by Gasteiger charge is 2.20. The van der Waals surface area contributed by atoms with Crippen molar-refractivity contribution < 1.29 is 4.79 Å². The number of nitrogens with zero attached hydrogens (tertiary/aromatic N) is 2. The molecule has 0 spiro atoms. The van der Waals surface area contributed by atoms with Crippen molar-refractivity contribution in [2.75, 3.05) is 25.0 Å². The molecule has 1 aromatic rings. The predicted octanol–water partition coefficient (Wildman–Crippen LogP) is 3.74. The highest BCUT2D eigenvalue weighted by molar-refractivity contribution is 5.92. The highest BCUT2D eigenvalue weighted by atomic mass is 16.2. The van der Waals surface area contributed by atoms with Crippen molar-refractivity contribution in [2.24, 2.45) is 0 Å². The van der Waals surface area contributed by atoms with Gasteiger partial charge in [0.1, 0.15) is 0 Å². The smallest absolute Gasteiger partial charge is 0.324 e. The third-order valence-electron chi connectivity index (χ3n) is 3.88. The minimum Gasteiger partial charge on any atom is -0.324 e. The van der Waals surface area contributed by atoms with E-state index in [2.05, 4.69) is 26.0 Å². The maximum absolute atomic E-state index is 12.5. The molecule has 2 rings (SSSR count). The zero-order valence-corrected chi connectivity index (χ0v) is 12.3. The largest absolute Gasteiger partial charge is 0.324 e. The van der Waals surface area contributed by atoms with Crippen molar-refractivity contribution >= 4 is 11.7 Å². The van der Waals surface area contributed by atoms with Gasteiger partial charge in [0, 0.05) is 25.8 Å². The predicted molar refractivity (Wildman–Crippen MR) is 79.8 cm³/mol. The summed E-state index contributed by atoms with van der Waals surface area (Å²) in [7, 11) is 1.88. The van der Waals surface area contributed by atoms with E-state index in [0.717, 1.165) is 37.2 Å². The fourth-order valence-electron chi connectivity index (χ4n) is 2.76. The van der Waals surface area contributed by atoms with Gasteiger partial charge in [-0.3, -0.25) is 4.90 Å². The monoisotopic (exact) mass is 260 g/mol. The number of aryl methyl sites for hydroxylation is 2. The van der Waals surface area contributed by atoms with E-state index in [1.807, 2.05) is 18.0 Å². The number of hydrogen-bond acceptors (Lipinski definition) is 1. The Morgan fingerprint density at radius 2 is 1.74 bits per heavy atom. The lowest BCUT2D eigenvalue weighted by Crippen LogP contribution is -2.42. The molecular formula is C16H24N2O. The van der Waals surface area contributed by atoms with Gasteiger partial charge in [0.15, 0.2) is 0 Å². The van der Waals surface area contributed by atoms with E-state index in [9.17, 15) is 4.79 Å². The van der Waals surface area contributed by atoms with E-state index in [1.165, 1.54) is 18.4 Å². The molecule has 0 saturated carbocycles. The first kappa shape index (κ1) is 13.9. The summed E-state index contributed by atoms with van der Waals surface area (Å²) in [6, 6.07) is 6.37. The molecule has 1 heterocycles. The number of amides is 2. The van der Waals surface area contributed by atoms with Crippen LogP contribution in [0.2, 0.25) is 0 Å². The summed E-state index contributed by atoms with van der Waals surface area (Å²) in [5.41, 5.74) is 3.40. The van der Waals surface area contributed by atoms with Crippen LogP contribution in [0.15, 0.2) is 18.2 Å². The topological polar surface area (TPSA) is 23.6 Å². The molecule has 19 heavy (non-hydrogen) atoms. The summed E-state index contributed by atoms with van der Waals surface area (Å²) in [6.45, 7) is 5.93. The zero-order valence-electron chi connectivity index (χ0n) is 12.3. The van der Waals surface area contributed by atoms with Crippen LogP contribution < -0.4 is 4.90 Å². The van der Waals surface area contributed by atoms with Crippen LogP contribution in [0.5, 0.6) is 0 Å². The van der Waals surface area contributed by atoms with E-state index in [0.29, 0.717) is 0 Å². The van der Waals surface area contributed by atoms with Crippen molar-refractivity contribution in [2.45, 2.75) is 39.5 Å². The van der Waals surface area contributed by atoms with E-state index in [1.54, 1.807) is 4.90 Å². The average molecular weight is 260 g/mol. The van der Waals surface area contributed by atoms with Crippen molar-refractivity contribution in [3.8, 4) is 0 Å². The summed E-state index contributed by atoms with van der Waals surface area (Å²) < 4.78 is 0. The second-order valence-electron chi connectivity index (χ2n) is 5.53. The van der Waals surface area contributed by atoms with Gasteiger partial charge in [-0.15, -0.1) is 0 Å². The Morgan fingerprint density at radius 3 is 2.32 bits per heavy atom. The fourth-order valence-corrected chi connectivity index (χ4v) is 2.76. The molecule has 1 fully saturated rings. The van der Waals surface area contributed by atoms with Gasteiger partial charge < -0.3 is 4.90 Å². The average Bonchev–Trinajstić information content (AvgIpc) is 2.66. The lowest BCUT2D eigenvalue weighted by atomic mass is 10.1. The zero-order chi connectivity index (χ0) is 13.8. The summed E-state index contributed by atoms with van der Waals surface area (Å²) in [4.78, 5) is 16.3. The minimum atomic E-state index is 0.133. The molecular weight excluding hydrogens is 236 g/mol. The molecule has 0 unspecified atom stereocenters. The molecule has 1 saturated heterocycles. The Balaban J connectivity index is 2.13. The van der Waals surface area contributed by atoms with E-state index in [4.69, 9.17) is 0 Å². The molecule has 2 amide bonds. The quantitative estimate of drug-likeness (QED) is 0.754. The Hall–Kier alpha value is -1.51. The number of benzene rings is 1. The molecule has 3 nitrogen and oxygen atoms in total. The summed E-state index contributed by atoms with van der Waals surface area (Å²) >= 11 is 0. The molecule has 0 aromatic heterocycles. The van der Waals surface area contributed by atoms with Crippen LogP contribution in [-0.2, 0) is 0 Å². The van der Waals surface area contributed by atoms with Crippen LogP contribution in [0.1, 0.15) is 36.8 Å². The molecule has 0 bridgehead atoms. The van der Waals surface area contributed by atoms with Gasteiger partial charge in [-0.1, -0.05) is 30.5 Å². The van der Waals surface area contributed by atoms with Crippen LogP contribution in [0, 0.1) is 13.8 Å². The number of carbonyl (C=O) groups excluding carboxylic acids is 1. The highest BCUT2D eigenvalue weighted by Crippen LogP contribution is 2.22. The fraction of sp³-hybridized carbons (Fsp3) is 0.562. The third kappa shape index (κ3) is 3.28. The number of hydrogen-bond donors (Lipinski definition) is 0. The number of urea groups is 1. The van der Waals surface area contributed by atoms with Crippen molar-refractivity contribution in [1.82, 2.24) is 4.90 Å². The molecule has 0 N–H and O–H groups in total. The lowest BCUT2D eigenvalue weighted by Gasteiger charge is -2.28. The van der Waals surface area contributed by atoms with Crippen molar-refractivity contribution in [3.63, 3.8) is 0 Å². The van der Waals surface area contributed by atoms with Gasteiger partial charge in [0.05, 0.1) is 0 Å². The molecule has 0 aliphatic carbocycles. The van der Waals surface area contributed by atoms with Crippen LogP contribution in [0.4, 0.5) is 10.5 Å². The molecule has 0 radical (unpaired) electrons. The van der Waals surface area contributed by atoms with Crippen LogP contribution in [0.3, 0.4) is 0 Å². The molecule has 3 heteroatoms. The maximum Gasteiger partial charge on any atom is 0.324 e. The van der Waals surface area contributed by atoms with Gasteiger partial charge in [-0.25, -0.2) is 4.79 Å². The first-order chi connectivity index (χ1) is 9.09. The van der Waals surface area contributed by atoms with Gasteiger partial charge in [-0.05, 0) is 38.3 Å². The Bertz CT molecular complexity index is 448. The Kier molecular flexibility index (Phi) is 4.46. The third-order valence-corrected chi connectivity index (χ3v) is 3.88. The SMILES string of the molecule is Cc1ccc(N(C)C(=O)N2CCCCCC2)c(C)c1. The summed E-state index contributed by atoms with van der Waals surface area (Å²) in [5, 5.41) is 0. The minimum absolute atomic E-state index is 0.133. The van der Waals surface area contributed by atoms with Crippen LogP contribution in [0.25, 0.3) is 0 Å². The molecule has 1 aliphatic heterocycles. The number of likely N-dealkylation sites (tertiary alicyclic amines) is 1. The number of anilines is 1. The lowest BCUT2D eigenvalue weighted by molar-refractivity contribution is 0.208. The summed E-state index contributed by atoms with van der Waals surface area (Å²) in [6.07, 6.45) is 4.76. The van der Waals surface area contributed by atoms with E-state index in [-0.39, 0.29) is 6.03 Å². The van der Waals surface area contributed by atoms with Crippen LogP contribution >= 0.6 is 0 Å². The second-order valence-corrected chi connectivity index (χ2v) is 5.53. The second kappa shape index (κ2) is 6.09. The van der Waals surface area contributed by atoms with Crippen LogP contribution in [-0.4, -0.2) is 31.1 Å². The molecule has 1 aromatic carbocycles. The Labute approximate surface area is 116 Å². The number of carbonyl (C=O) groups is 1. The molecule has 104 valence electrons. The van der Waals surface area contributed by atoms with E-state index < -0.39 is 0 Å². The first-order valence-corrected chi connectivity index (χ1v) is 7.19. The van der Waals surface area contributed by atoms with E-state index >= 15 is 0 Å². The summed E-state index contributed by atoms with van der Waals surface area (Å²) in [5.74, 6) is 0. The number of rotatable bonds is 1. The van der Waals surface area contributed by atoms with Crippen molar-refractivity contribution in [1.29, 1.82) is 0 Å². The standard InChI is InChI=1S/C16H24N2O/c1-13-8-9-15(14(2)12-13)17(3)16(19)18-10-6-4-5-7-11-18/h8-9,12H,4-7,10-11H2,1-3H3. The molecule has 1 aliphatic rings. The normalized spacial score (nSPS) is 16.1. The van der Waals surface area contributed by atoms with Gasteiger partial charge in [0.25, 0.3) is 0 Å². The maximum atomic E-state index is 12.5. The molecule has 0 atom stereocenters. The van der Waals surface area contributed by atoms with Gasteiger partial charge in [-0.2, -0.15) is 0 Å².